The highest BCUT2D eigenvalue weighted by Gasteiger charge is 2.41. The van der Waals surface area contributed by atoms with Crippen LogP contribution in [-0.2, 0) is 36.9 Å². The summed E-state index contributed by atoms with van der Waals surface area (Å²) in [6.07, 6.45) is -2.63. The van der Waals surface area contributed by atoms with Crippen LogP contribution >= 0.6 is 34.8 Å². The molecule has 3 N–H and O–H groups in total. The second-order valence-corrected chi connectivity index (χ2v) is 9.78. The molecule has 3 aromatic carbocycles. The number of hydrogen-bond acceptors (Lipinski definition) is 6. The van der Waals surface area contributed by atoms with Crippen LogP contribution in [0.1, 0.15) is 11.1 Å². The first kappa shape index (κ1) is 28.7. The highest BCUT2D eigenvalue weighted by atomic mass is 35.5. The third-order valence-electron chi connectivity index (χ3n) is 5.80. The van der Waals surface area contributed by atoms with Gasteiger partial charge in [0.25, 0.3) is 11.8 Å². The molecule has 1 fully saturated rings. The van der Waals surface area contributed by atoms with Crippen molar-refractivity contribution in [1.82, 2.24) is 5.32 Å². The number of carbonyl (C=O) groups excluding carboxylic acids is 2. The van der Waals surface area contributed by atoms with E-state index in [1.54, 1.807) is 60.7 Å². The van der Waals surface area contributed by atoms with E-state index in [1.807, 2.05) is 0 Å². The van der Waals surface area contributed by atoms with Gasteiger partial charge in [-0.3, -0.25) is 9.59 Å². The first-order chi connectivity index (χ1) is 18.7. The Morgan fingerprint density at radius 1 is 0.923 bits per heavy atom. The van der Waals surface area contributed by atoms with E-state index in [4.69, 9.17) is 49.0 Å². The number of nitrogens with one attached hydrogen (secondary N) is 2. The zero-order valence-electron chi connectivity index (χ0n) is 20.2. The summed E-state index contributed by atoms with van der Waals surface area (Å²) >= 11 is 18.3. The summed E-state index contributed by atoms with van der Waals surface area (Å²) in [5.74, 6) is -2.15. The normalized spacial score (nSPS) is 17.3. The monoisotopic (exact) mass is 592 g/mol. The molecule has 0 spiro atoms. The molecule has 1 saturated heterocycles. The lowest BCUT2D eigenvalue weighted by molar-refractivity contribution is -0.144. The van der Waals surface area contributed by atoms with Crippen molar-refractivity contribution in [2.24, 2.45) is 0 Å². The molecule has 0 bridgehead atoms. The smallest absolute Gasteiger partial charge is 0.326 e. The Hall–Kier alpha value is -3.34. The fourth-order valence-electron chi connectivity index (χ4n) is 3.80. The van der Waals surface area contributed by atoms with Gasteiger partial charge in [-0.2, -0.15) is 0 Å². The van der Waals surface area contributed by atoms with Crippen molar-refractivity contribution in [1.29, 1.82) is 0 Å². The Morgan fingerprint density at radius 2 is 1.56 bits per heavy atom. The number of carboxylic acid groups (broad SMARTS) is 1. The quantitative estimate of drug-likeness (QED) is 0.311. The second-order valence-electron chi connectivity index (χ2n) is 8.53. The van der Waals surface area contributed by atoms with Crippen molar-refractivity contribution in [2.75, 3.05) is 12.1 Å². The highest BCUT2D eigenvalue weighted by Crippen LogP contribution is 2.26. The Balaban J connectivity index is 1.35. The predicted molar refractivity (Wildman–Crippen MR) is 145 cm³/mol. The van der Waals surface area contributed by atoms with Gasteiger partial charge in [0.05, 0.1) is 0 Å². The van der Waals surface area contributed by atoms with Gasteiger partial charge in [0.1, 0.15) is 25.2 Å². The van der Waals surface area contributed by atoms with Gasteiger partial charge in [-0.05, 0) is 48.0 Å². The van der Waals surface area contributed by atoms with E-state index in [0.717, 1.165) is 0 Å². The highest BCUT2D eigenvalue weighted by molar-refractivity contribution is 6.36. The van der Waals surface area contributed by atoms with Gasteiger partial charge in [-0.1, -0.05) is 59.1 Å². The summed E-state index contributed by atoms with van der Waals surface area (Å²) in [7, 11) is 0. The third-order valence-corrected chi connectivity index (χ3v) is 6.75. The summed E-state index contributed by atoms with van der Waals surface area (Å²) in [5, 5.41) is 16.1. The molecule has 0 aromatic heterocycles. The molecule has 39 heavy (non-hydrogen) atoms. The van der Waals surface area contributed by atoms with Crippen molar-refractivity contribution in [3.8, 4) is 5.75 Å². The lowest BCUT2D eigenvalue weighted by Gasteiger charge is -2.20. The molecule has 12 heteroatoms. The summed E-state index contributed by atoms with van der Waals surface area (Å²) in [6, 6.07) is 17.0. The van der Waals surface area contributed by atoms with Crippen molar-refractivity contribution >= 4 is 58.3 Å². The standard InChI is InChI=1S/C27H23Cl3N2O7/c28-16-3-1-4-17(12-16)31-25(33)23-24(39-14-38-23)26(34)32-22(27(35)36)11-15-7-9-18(10-8-15)37-13-19-20(29)5-2-6-21(19)30/h1-10,12,22-24H,11,13-14H2,(H,31,33)(H,32,34)(H,35,36)/t22?,23-,24-/m1/s1. The number of anilines is 1. The summed E-state index contributed by atoms with van der Waals surface area (Å²) < 4.78 is 16.3. The fourth-order valence-corrected chi connectivity index (χ4v) is 4.50. The number of benzene rings is 3. The predicted octanol–water partition coefficient (Wildman–Crippen LogP) is 4.72. The minimum Gasteiger partial charge on any atom is -0.489 e. The van der Waals surface area contributed by atoms with E-state index in [2.05, 4.69) is 10.6 Å². The van der Waals surface area contributed by atoms with Gasteiger partial charge in [0.15, 0.2) is 12.2 Å². The van der Waals surface area contributed by atoms with Crippen LogP contribution < -0.4 is 15.4 Å². The maximum Gasteiger partial charge on any atom is 0.326 e. The Morgan fingerprint density at radius 3 is 2.21 bits per heavy atom. The van der Waals surface area contributed by atoms with E-state index < -0.39 is 36.0 Å². The molecule has 1 aliphatic heterocycles. The minimum absolute atomic E-state index is 0.0232. The van der Waals surface area contributed by atoms with E-state index in [-0.39, 0.29) is 19.8 Å². The molecule has 0 aliphatic carbocycles. The maximum atomic E-state index is 12.9. The fraction of sp³-hybridized carbons (Fsp3) is 0.222. The van der Waals surface area contributed by atoms with Crippen LogP contribution in [0, 0.1) is 0 Å². The molecule has 1 heterocycles. The van der Waals surface area contributed by atoms with Gasteiger partial charge in [-0.15, -0.1) is 0 Å². The van der Waals surface area contributed by atoms with Gasteiger partial charge < -0.3 is 30.0 Å². The van der Waals surface area contributed by atoms with Crippen molar-refractivity contribution < 1.29 is 33.7 Å². The molecule has 3 aromatic rings. The number of halogens is 3. The second kappa shape index (κ2) is 13.1. The average Bonchev–Trinajstić information content (AvgIpc) is 3.39. The van der Waals surface area contributed by atoms with Gasteiger partial charge in [0, 0.05) is 32.7 Å². The number of rotatable bonds is 10. The molecule has 1 unspecified atom stereocenters. The Bertz CT molecular complexity index is 1330. The van der Waals surface area contributed by atoms with E-state index >= 15 is 0 Å². The molecular formula is C27H23Cl3N2O7. The zero-order valence-corrected chi connectivity index (χ0v) is 22.5. The SMILES string of the molecule is O=C(O)C(Cc1ccc(OCc2c(Cl)cccc2Cl)cc1)NC(=O)[C@@H]1OCO[C@H]1C(=O)Nc1cccc(Cl)c1. The molecule has 0 radical (unpaired) electrons. The molecule has 0 saturated carbocycles. The van der Waals surface area contributed by atoms with Crippen LogP contribution in [0.15, 0.2) is 66.7 Å². The number of hydrogen-bond donors (Lipinski definition) is 3. The minimum atomic E-state index is -1.33. The number of ether oxygens (including phenoxy) is 3. The number of carboxylic acids is 1. The van der Waals surface area contributed by atoms with E-state index in [9.17, 15) is 19.5 Å². The molecule has 9 nitrogen and oxygen atoms in total. The van der Waals surface area contributed by atoms with Crippen LogP contribution in [0.4, 0.5) is 5.69 Å². The van der Waals surface area contributed by atoms with Crippen LogP contribution in [0.25, 0.3) is 0 Å². The first-order valence-electron chi connectivity index (χ1n) is 11.7. The lowest BCUT2D eigenvalue weighted by atomic mass is 10.0. The van der Waals surface area contributed by atoms with Gasteiger partial charge in [0.2, 0.25) is 0 Å². The largest absolute Gasteiger partial charge is 0.489 e. The summed E-state index contributed by atoms with van der Waals surface area (Å²) in [5.41, 5.74) is 1.69. The lowest BCUT2D eigenvalue weighted by Crippen LogP contribution is -2.51. The van der Waals surface area contributed by atoms with Gasteiger partial charge >= 0.3 is 5.97 Å². The molecule has 4 rings (SSSR count). The zero-order chi connectivity index (χ0) is 27.9. The number of aliphatic carboxylic acids is 1. The van der Waals surface area contributed by atoms with Gasteiger partial charge in [-0.25, -0.2) is 4.79 Å². The third kappa shape index (κ3) is 7.62. The van der Waals surface area contributed by atoms with Crippen molar-refractivity contribution in [3.63, 3.8) is 0 Å². The molecule has 2 amide bonds. The van der Waals surface area contributed by atoms with E-state index in [0.29, 0.717) is 37.6 Å². The van der Waals surface area contributed by atoms with Crippen molar-refractivity contribution in [3.05, 3.63) is 92.9 Å². The topological polar surface area (TPSA) is 123 Å². The number of carbonyl (C=O) groups is 3. The van der Waals surface area contributed by atoms with Crippen LogP contribution in [0.3, 0.4) is 0 Å². The van der Waals surface area contributed by atoms with Crippen LogP contribution in [0.5, 0.6) is 5.75 Å². The number of amides is 2. The average molecular weight is 594 g/mol. The van der Waals surface area contributed by atoms with Crippen LogP contribution in [-0.4, -0.2) is 47.9 Å². The molecule has 1 aliphatic rings. The van der Waals surface area contributed by atoms with Crippen LogP contribution in [0.2, 0.25) is 15.1 Å². The molecule has 3 atom stereocenters. The van der Waals surface area contributed by atoms with E-state index in [1.165, 1.54) is 6.07 Å². The Labute approximate surface area is 238 Å². The molecule has 204 valence electrons. The summed E-state index contributed by atoms with van der Waals surface area (Å²) in [6.45, 7) is -0.147. The maximum absolute atomic E-state index is 12.9. The Kier molecular flexibility index (Phi) is 9.66. The first-order valence-corrected chi connectivity index (χ1v) is 12.8. The summed E-state index contributed by atoms with van der Waals surface area (Å²) in [4.78, 5) is 37.5. The van der Waals surface area contributed by atoms with Crippen molar-refractivity contribution in [2.45, 2.75) is 31.3 Å². The molecular weight excluding hydrogens is 571 g/mol.